The molecule has 0 aliphatic rings. The second-order valence-corrected chi connectivity index (χ2v) is 8.42. The van der Waals surface area contributed by atoms with Gasteiger partial charge >= 0.3 is 5.97 Å². The van der Waals surface area contributed by atoms with Gasteiger partial charge in [0.25, 0.3) is 17.5 Å². The highest BCUT2D eigenvalue weighted by Crippen LogP contribution is 2.27. The van der Waals surface area contributed by atoms with Crippen LogP contribution in [0.3, 0.4) is 0 Å². The Hall–Kier alpha value is -4.12. The topological polar surface area (TPSA) is 141 Å². The van der Waals surface area contributed by atoms with Gasteiger partial charge in [0.2, 0.25) is 0 Å². The predicted molar refractivity (Wildman–Crippen MR) is 126 cm³/mol. The van der Waals surface area contributed by atoms with Crippen molar-refractivity contribution in [1.29, 1.82) is 0 Å². The van der Waals surface area contributed by atoms with E-state index >= 15 is 0 Å². The Kier molecular flexibility index (Phi) is 8.04. The molecular formula is C23H22N4O6S. The molecule has 10 nitrogen and oxygen atoms in total. The summed E-state index contributed by atoms with van der Waals surface area (Å²) in [7, 11) is 0. The van der Waals surface area contributed by atoms with Crippen molar-refractivity contribution in [2.75, 3.05) is 11.9 Å². The Balaban J connectivity index is 1.55. The molecule has 0 aliphatic carbocycles. The maximum Gasteiger partial charge on any atom is 0.329 e. The third-order valence-electron chi connectivity index (χ3n) is 4.69. The molecule has 176 valence electrons. The molecule has 2 aromatic carbocycles. The molecule has 0 radical (unpaired) electrons. The average molecular weight is 483 g/mol. The summed E-state index contributed by atoms with van der Waals surface area (Å²) in [5.41, 5.74) is 1.33. The van der Waals surface area contributed by atoms with Gasteiger partial charge in [-0.3, -0.25) is 25.0 Å². The van der Waals surface area contributed by atoms with Crippen molar-refractivity contribution in [3.8, 4) is 11.3 Å². The number of ether oxygens (including phenoxy) is 1. The van der Waals surface area contributed by atoms with E-state index in [1.807, 2.05) is 0 Å². The first-order chi connectivity index (χ1) is 16.2. The zero-order chi connectivity index (χ0) is 24.7. The summed E-state index contributed by atoms with van der Waals surface area (Å²) in [6.07, 6.45) is 0. The van der Waals surface area contributed by atoms with Crippen LogP contribution in [0.4, 0.5) is 10.8 Å². The van der Waals surface area contributed by atoms with Gasteiger partial charge in [0.1, 0.15) is 6.04 Å². The highest BCUT2D eigenvalue weighted by atomic mass is 32.1. The van der Waals surface area contributed by atoms with Crippen LogP contribution >= 0.6 is 11.3 Å². The second-order valence-electron chi connectivity index (χ2n) is 7.56. The van der Waals surface area contributed by atoms with Crippen LogP contribution in [0.2, 0.25) is 0 Å². The summed E-state index contributed by atoms with van der Waals surface area (Å²) < 4.78 is 5.11. The molecule has 3 rings (SSSR count). The number of hydrogen-bond donors (Lipinski definition) is 2. The number of non-ortho nitro benzene ring substituents is 1. The number of nitrogens with one attached hydrogen (secondary N) is 2. The number of carbonyl (C=O) groups excluding carboxylic acids is 3. The van der Waals surface area contributed by atoms with Gasteiger partial charge in [0, 0.05) is 28.6 Å². The number of thiazole rings is 1. The van der Waals surface area contributed by atoms with Crippen molar-refractivity contribution in [2.24, 2.45) is 5.92 Å². The maximum atomic E-state index is 12.5. The van der Waals surface area contributed by atoms with Gasteiger partial charge in [-0.2, -0.15) is 0 Å². The molecule has 3 aromatic rings. The van der Waals surface area contributed by atoms with Gasteiger partial charge < -0.3 is 10.1 Å². The lowest BCUT2D eigenvalue weighted by Crippen LogP contribution is -2.45. The lowest BCUT2D eigenvalue weighted by atomic mass is 10.0. The van der Waals surface area contributed by atoms with Crippen LogP contribution in [0.1, 0.15) is 24.2 Å². The van der Waals surface area contributed by atoms with E-state index in [0.717, 1.165) is 11.3 Å². The van der Waals surface area contributed by atoms with Crippen LogP contribution in [0.15, 0.2) is 60.0 Å². The number of nitrogens with zero attached hydrogens (tertiary/aromatic N) is 2. The fourth-order valence-corrected chi connectivity index (χ4v) is 3.67. The summed E-state index contributed by atoms with van der Waals surface area (Å²) in [6.45, 7) is 2.94. The van der Waals surface area contributed by atoms with Crippen molar-refractivity contribution < 1.29 is 24.0 Å². The van der Waals surface area contributed by atoms with E-state index < -0.39 is 35.4 Å². The number of amides is 2. The fourth-order valence-electron chi connectivity index (χ4n) is 2.94. The van der Waals surface area contributed by atoms with E-state index in [-0.39, 0.29) is 16.7 Å². The molecule has 11 heteroatoms. The van der Waals surface area contributed by atoms with E-state index in [2.05, 4.69) is 15.6 Å². The monoisotopic (exact) mass is 482 g/mol. The van der Waals surface area contributed by atoms with Crippen LogP contribution in [0.25, 0.3) is 11.3 Å². The van der Waals surface area contributed by atoms with Crippen molar-refractivity contribution in [3.63, 3.8) is 0 Å². The Labute approximate surface area is 199 Å². The summed E-state index contributed by atoms with van der Waals surface area (Å²) in [5, 5.41) is 18.0. The van der Waals surface area contributed by atoms with Crippen LogP contribution < -0.4 is 10.6 Å². The molecule has 0 aliphatic heterocycles. The second kappa shape index (κ2) is 11.1. The number of esters is 1. The Bertz CT molecular complexity index is 1190. The zero-order valence-corrected chi connectivity index (χ0v) is 19.2. The molecule has 0 unspecified atom stereocenters. The van der Waals surface area contributed by atoms with Crippen LogP contribution in [0, 0.1) is 16.0 Å². The molecule has 1 heterocycles. The minimum Gasteiger partial charge on any atom is -0.454 e. The average Bonchev–Trinajstić information content (AvgIpc) is 3.29. The first-order valence-electron chi connectivity index (χ1n) is 10.3. The van der Waals surface area contributed by atoms with Crippen molar-refractivity contribution >= 4 is 39.9 Å². The van der Waals surface area contributed by atoms with E-state index in [1.54, 1.807) is 61.7 Å². The standard InChI is InChI=1S/C23H22N4O6S/c1-14(2)20(26-21(29)15-7-4-3-5-8-15)22(30)33-12-19(28)25-23-24-18(13-34-23)16-9-6-10-17(11-16)27(31)32/h3-11,13-14,20H,12H2,1-2H3,(H,26,29)(H,24,25,28)/t20-/m1/s1. The normalized spacial score (nSPS) is 11.5. The third-order valence-corrected chi connectivity index (χ3v) is 5.45. The molecule has 0 bridgehead atoms. The zero-order valence-electron chi connectivity index (χ0n) is 18.4. The third kappa shape index (κ3) is 6.45. The number of hydrogen-bond acceptors (Lipinski definition) is 8. The number of nitro groups is 1. The number of aromatic nitrogens is 1. The largest absolute Gasteiger partial charge is 0.454 e. The maximum absolute atomic E-state index is 12.5. The van der Waals surface area contributed by atoms with Crippen molar-refractivity contribution in [3.05, 3.63) is 75.7 Å². The summed E-state index contributed by atoms with van der Waals surface area (Å²) >= 11 is 1.13. The molecule has 1 aromatic heterocycles. The highest BCUT2D eigenvalue weighted by molar-refractivity contribution is 7.14. The summed E-state index contributed by atoms with van der Waals surface area (Å²) in [6, 6.07) is 13.5. The number of carbonyl (C=O) groups is 3. The van der Waals surface area contributed by atoms with E-state index in [1.165, 1.54) is 12.1 Å². The number of benzene rings is 2. The first kappa shape index (κ1) is 24.5. The smallest absolute Gasteiger partial charge is 0.329 e. The number of nitro benzene ring substituents is 1. The van der Waals surface area contributed by atoms with E-state index in [0.29, 0.717) is 16.8 Å². The molecule has 1 atom stereocenters. The van der Waals surface area contributed by atoms with Gasteiger partial charge in [0.15, 0.2) is 11.7 Å². The molecule has 34 heavy (non-hydrogen) atoms. The molecule has 0 spiro atoms. The molecule has 2 amide bonds. The number of rotatable bonds is 9. The van der Waals surface area contributed by atoms with Crippen molar-refractivity contribution in [1.82, 2.24) is 10.3 Å². The van der Waals surface area contributed by atoms with Gasteiger partial charge in [0.05, 0.1) is 10.6 Å². The van der Waals surface area contributed by atoms with Crippen LogP contribution in [-0.4, -0.2) is 40.3 Å². The van der Waals surface area contributed by atoms with Crippen LogP contribution in [0.5, 0.6) is 0 Å². The van der Waals surface area contributed by atoms with Gasteiger partial charge in [-0.15, -0.1) is 11.3 Å². The minimum atomic E-state index is -0.930. The van der Waals surface area contributed by atoms with Gasteiger partial charge in [-0.25, -0.2) is 9.78 Å². The molecule has 0 saturated heterocycles. The molecule has 0 saturated carbocycles. The quantitative estimate of drug-likeness (QED) is 0.269. The SMILES string of the molecule is CC(C)[C@@H](NC(=O)c1ccccc1)C(=O)OCC(=O)Nc1nc(-c2cccc([N+](=O)[O-])c2)cs1. The van der Waals surface area contributed by atoms with Crippen molar-refractivity contribution in [2.45, 2.75) is 19.9 Å². The van der Waals surface area contributed by atoms with E-state index in [9.17, 15) is 24.5 Å². The van der Waals surface area contributed by atoms with E-state index in [4.69, 9.17) is 4.74 Å². The van der Waals surface area contributed by atoms with Gasteiger partial charge in [-0.1, -0.05) is 44.2 Å². The van der Waals surface area contributed by atoms with Gasteiger partial charge in [-0.05, 0) is 18.1 Å². The summed E-state index contributed by atoms with van der Waals surface area (Å²) in [4.78, 5) is 51.8. The Morgan fingerprint density at radius 2 is 1.85 bits per heavy atom. The first-order valence-corrected chi connectivity index (χ1v) is 11.2. The highest BCUT2D eigenvalue weighted by Gasteiger charge is 2.27. The fraction of sp³-hybridized carbons (Fsp3) is 0.217. The lowest BCUT2D eigenvalue weighted by Gasteiger charge is -2.20. The predicted octanol–water partition coefficient (Wildman–Crippen LogP) is 3.65. The number of anilines is 1. The Morgan fingerprint density at radius 3 is 2.53 bits per heavy atom. The van der Waals surface area contributed by atoms with Crippen LogP contribution in [-0.2, 0) is 14.3 Å². The minimum absolute atomic E-state index is 0.0675. The molecule has 2 N–H and O–H groups in total. The molecule has 0 fully saturated rings. The Morgan fingerprint density at radius 1 is 1.12 bits per heavy atom. The lowest BCUT2D eigenvalue weighted by molar-refractivity contribution is -0.384. The summed E-state index contributed by atoms with van der Waals surface area (Å²) in [5.74, 6) is -2.02. The molecular weight excluding hydrogens is 460 g/mol.